The second-order valence-electron chi connectivity index (χ2n) is 3.22. The maximum absolute atomic E-state index is 5.51. The van der Waals surface area contributed by atoms with Crippen LogP contribution in [0.3, 0.4) is 0 Å². The number of halogens is 1. The average Bonchev–Trinajstić information content (AvgIpc) is 2.33. The van der Waals surface area contributed by atoms with Crippen molar-refractivity contribution < 1.29 is 4.74 Å². The van der Waals surface area contributed by atoms with Crippen LogP contribution in [0.4, 0.5) is 0 Å². The van der Waals surface area contributed by atoms with Crippen molar-refractivity contribution in [2.45, 2.75) is 19.4 Å². The van der Waals surface area contributed by atoms with E-state index in [1.807, 2.05) is 6.92 Å². The molecule has 1 atom stereocenters. The highest BCUT2D eigenvalue weighted by atomic mass is 79.9. The number of hydrogen-bond donors (Lipinski definition) is 2. The Balaban J connectivity index is 1.89. The van der Waals surface area contributed by atoms with Gasteiger partial charge in [-0.3, -0.25) is 5.10 Å². The summed E-state index contributed by atoms with van der Waals surface area (Å²) in [6.45, 7) is 3.75. The van der Waals surface area contributed by atoms with Crippen LogP contribution < -0.4 is 10.1 Å². The van der Waals surface area contributed by atoms with Crippen LogP contribution in [0, 0.1) is 6.92 Å². The van der Waals surface area contributed by atoms with Gasteiger partial charge in [-0.2, -0.15) is 0 Å². The molecule has 2 heterocycles. The number of nitrogens with zero attached hydrogens (tertiary/aromatic N) is 1. The predicted molar refractivity (Wildman–Crippen MR) is 52.9 cm³/mol. The number of H-pyrrole nitrogens is 1. The Kier molecular flexibility index (Phi) is 2.55. The summed E-state index contributed by atoms with van der Waals surface area (Å²) >= 11 is 3.40. The van der Waals surface area contributed by atoms with Gasteiger partial charge in [0.2, 0.25) is 5.88 Å². The molecule has 72 valence electrons. The van der Waals surface area contributed by atoms with Crippen LogP contribution in [0.15, 0.2) is 4.47 Å². The van der Waals surface area contributed by atoms with Crippen molar-refractivity contribution in [3.63, 3.8) is 0 Å². The molecule has 0 amide bonds. The van der Waals surface area contributed by atoms with Gasteiger partial charge in [0.15, 0.2) is 0 Å². The third-order valence-corrected chi connectivity index (χ3v) is 3.12. The van der Waals surface area contributed by atoms with E-state index in [1.54, 1.807) is 0 Å². The van der Waals surface area contributed by atoms with Gasteiger partial charge >= 0.3 is 0 Å². The second kappa shape index (κ2) is 3.67. The number of aromatic nitrogens is 2. The topological polar surface area (TPSA) is 49.9 Å². The lowest BCUT2D eigenvalue weighted by molar-refractivity contribution is 0.210. The van der Waals surface area contributed by atoms with Crippen molar-refractivity contribution in [3.05, 3.63) is 10.2 Å². The highest BCUT2D eigenvalue weighted by molar-refractivity contribution is 9.10. The zero-order valence-corrected chi connectivity index (χ0v) is 9.02. The van der Waals surface area contributed by atoms with Crippen LogP contribution in [-0.2, 0) is 0 Å². The van der Waals surface area contributed by atoms with Gasteiger partial charge in [-0.1, -0.05) is 0 Å². The summed E-state index contributed by atoms with van der Waals surface area (Å²) in [6.07, 6.45) is 1.20. The van der Waals surface area contributed by atoms with Crippen LogP contribution in [0.25, 0.3) is 0 Å². The second-order valence-corrected chi connectivity index (χ2v) is 4.01. The van der Waals surface area contributed by atoms with Crippen LogP contribution in [0.5, 0.6) is 5.88 Å². The summed E-state index contributed by atoms with van der Waals surface area (Å²) in [5.74, 6) is 0.659. The smallest absolute Gasteiger partial charge is 0.247 e. The van der Waals surface area contributed by atoms with Crippen molar-refractivity contribution in [3.8, 4) is 5.88 Å². The molecular formula is C8H12BrN3O. The number of hydrogen-bond acceptors (Lipinski definition) is 3. The number of rotatable bonds is 3. The van der Waals surface area contributed by atoms with Crippen molar-refractivity contribution in [2.75, 3.05) is 13.2 Å². The van der Waals surface area contributed by atoms with Gasteiger partial charge in [0.05, 0.1) is 5.69 Å². The molecule has 13 heavy (non-hydrogen) atoms. The Morgan fingerprint density at radius 2 is 2.46 bits per heavy atom. The Bertz CT molecular complexity index is 296. The molecule has 1 saturated heterocycles. The normalized spacial score (nSPS) is 21.2. The minimum Gasteiger partial charge on any atom is -0.474 e. The molecule has 0 radical (unpaired) electrons. The minimum atomic E-state index is 0.504. The first-order valence-electron chi connectivity index (χ1n) is 4.34. The molecule has 1 aliphatic heterocycles. The van der Waals surface area contributed by atoms with E-state index in [0.29, 0.717) is 18.5 Å². The Labute approximate surface area is 85.2 Å². The van der Waals surface area contributed by atoms with E-state index in [-0.39, 0.29) is 0 Å². The molecule has 1 fully saturated rings. The fourth-order valence-corrected chi connectivity index (χ4v) is 1.45. The van der Waals surface area contributed by atoms with Gasteiger partial charge in [0.25, 0.3) is 0 Å². The van der Waals surface area contributed by atoms with Gasteiger partial charge in [-0.15, -0.1) is 5.10 Å². The molecular weight excluding hydrogens is 234 g/mol. The van der Waals surface area contributed by atoms with E-state index in [2.05, 4.69) is 31.4 Å². The third kappa shape index (κ3) is 1.86. The van der Waals surface area contributed by atoms with Crippen LogP contribution >= 0.6 is 15.9 Å². The first kappa shape index (κ1) is 9.02. The first-order chi connectivity index (χ1) is 6.27. The van der Waals surface area contributed by atoms with Crippen LogP contribution in [0.1, 0.15) is 12.1 Å². The van der Waals surface area contributed by atoms with E-state index >= 15 is 0 Å². The SMILES string of the molecule is Cc1[nH]nc(OC[C@H]2CCN2)c1Br. The molecule has 2 rings (SSSR count). The Hall–Kier alpha value is -0.550. The van der Waals surface area contributed by atoms with Gasteiger partial charge in [-0.25, -0.2) is 0 Å². The molecule has 4 nitrogen and oxygen atoms in total. The molecule has 1 aliphatic rings. The lowest BCUT2D eigenvalue weighted by Gasteiger charge is -2.26. The fourth-order valence-electron chi connectivity index (χ4n) is 1.16. The molecule has 0 saturated carbocycles. The van der Waals surface area contributed by atoms with Gasteiger partial charge < -0.3 is 10.1 Å². The number of aromatic amines is 1. The Morgan fingerprint density at radius 3 is 2.92 bits per heavy atom. The Morgan fingerprint density at radius 1 is 1.69 bits per heavy atom. The van der Waals surface area contributed by atoms with Crippen molar-refractivity contribution in [2.24, 2.45) is 0 Å². The third-order valence-electron chi connectivity index (χ3n) is 2.19. The summed E-state index contributed by atoms with van der Waals surface area (Å²) in [5.41, 5.74) is 0.997. The van der Waals surface area contributed by atoms with E-state index < -0.39 is 0 Å². The van der Waals surface area contributed by atoms with E-state index in [9.17, 15) is 0 Å². The highest BCUT2D eigenvalue weighted by Crippen LogP contribution is 2.25. The fraction of sp³-hybridized carbons (Fsp3) is 0.625. The minimum absolute atomic E-state index is 0.504. The summed E-state index contributed by atoms with van der Waals surface area (Å²) in [7, 11) is 0. The highest BCUT2D eigenvalue weighted by Gasteiger charge is 2.18. The number of ether oxygens (including phenoxy) is 1. The predicted octanol–water partition coefficient (Wildman–Crippen LogP) is 1.22. The summed E-state index contributed by atoms with van der Waals surface area (Å²) < 4.78 is 6.43. The average molecular weight is 246 g/mol. The molecule has 0 unspecified atom stereocenters. The monoisotopic (exact) mass is 245 g/mol. The molecule has 1 aromatic rings. The summed E-state index contributed by atoms with van der Waals surface area (Å²) in [5, 5.41) is 10.1. The van der Waals surface area contributed by atoms with Gasteiger partial charge in [0.1, 0.15) is 11.1 Å². The largest absolute Gasteiger partial charge is 0.474 e. The molecule has 0 bridgehead atoms. The standard InChI is InChI=1S/C8H12BrN3O/c1-5-7(9)8(12-11-5)13-4-6-2-3-10-6/h6,10H,2-4H2,1H3,(H,11,12)/t6-/m1/s1. The first-order valence-corrected chi connectivity index (χ1v) is 5.13. The zero-order chi connectivity index (χ0) is 9.26. The molecule has 2 N–H and O–H groups in total. The molecule has 0 aliphatic carbocycles. The van der Waals surface area contributed by atoms with Crippen molar-refractivity contribution >= 4 is 15.9 Å². The molecule has 0 spiro atoms. The summed E-state index contributed by atoms with van der Waals surface area (Å²) in [6, 6.07) is 0.504. The summed E-state index contributed by atoms with van der Waals surface area (Å²) in [4.78, 5) is 0. The lowest BCUT2D eigenvalue weighted by atomic mass is 10.1. The van der Waals surface area contributed by atoms with Crippen LogP contribution in [0.2, 0.25) is 0 Å². The maximum atomic E-state index is 5.51. The van der Waals surface area contributed by atoms with Crippen LogP contribution in [-0.4, -0.2) is 29.4 Å². The number of aryl methyl sites for hydroxylation is 1. The van der Waals surface area contributed by atoms with Crippen molar-refractivity contribution in [1.29, 1.82) is 0 Å². The van der Waals surface area contributed by atoms with Crippen molar-refractivity contribution in [1.82, 2.24) is 15.5 Å². The number of nitrogens with one attached hydrogen (secondary N) is 2. The van der Waals surface area contributed by atoms with E-state index in [0.717, 1.165) is 16.7 Å². The van der Waals surface area contributed by atoms with E-state index in [4.69, 9.17) is 4.74 Å². The maximum Gasteiger partial charge on any atom is 0.247 e. The quantitative estimate of drug-likeness (QED) is 0.843. The molecule has 0 aromatic carbocycles. The van der Waals surface area contributed by atoms with Gasteiger partial charge in [0, 0.05) is 6.04 Å². The molecule has 1 aromatic heterocycles. The van der Waals surface area contributed by atoms with Gasteiger partial charge in [-0.05, 0) is 35.8 Å². The lowest BCUT2D eigenvalue weighted by Crippen LogP contribution is -2.46. The molecule has 5 heteroatoms. The van der Waals surface area contributed by atoms with E-state index in [1.165, 1.54) is 6.42 Å². The zero-order valence-electron chi connectivity index (χ0n) is 7.43.